The van der Waals surface area contributed by atoms with Gasteiger partial charge in [0.15, 0.2) is 0 Å². The molecule has 1 aliphatic heterocycles. The molecular weight excluding hydrogens is 352 g/mol. The lowest BCUT2D eigenvalue weighted by atomic mass is 9.91. The van der Waals surface area contributed by atoms with Crippen LogP contribution in [0.5, 0.6) is 5.75 Å². The molecule has 0 aliphatic carbocycles. The van der Waals surface area contributed by atoms with Crippen LogP contribution in [0.1, 0.15) is 48.5 Å². The summed E-state index contributed by atoms with van der Waals surface area (Å²) in [7, 11) is 1.67. The van der Waals surface area contributed by atoms with E-state index in [1.54, 1.807) is 12.0 Å². The van der Waals surface area contributed by atoms with Crippen LogP contribution < -0.4 is 9.64 Å². The number of carbonyl (C=O) groups is 1. The highest BCUT2D eigenvalue weighted by molar-refractivity contribution is 5.92. The van der Waals surface area contributed by atoms with Gasteiger partial charge in [-0.3, -0.25) is 9.69 Å². The van der Waals surface area contributed by atoms with Gasteiger partial charge >= 0.3 is 0 Å². The van der Waals surface area contributed by atoms with Crippen molar-refractivity contribution in [3.8, 4) is 5.75 Å². The Balaban J connectivity index is 1.86. The van der Waals surface area contributed by atoms with Crippen LogP contribution in [-0.2, 0) is 4.79 Å². The van der Waals surface area contributed by atoms with Gasteiger partial charge in [-0.2, -0.15) is 10.1 Å². The van der Waals surface area contributed by atoms with Crippen LogP contribution in [0.25, 0.3) is 0 Å². The summed E-state index contributed by atoms with van der Waals surface area (Å²) in [6.45, 7) is 3.94. The molecule has 28 heavy (non-hydrogen) atoms. The van der Waals surface area contributed by atoms with Crippen molar-refractivity contribution in [2.24, 2.45) is 0 Å². The van der Waals surface area contributed by atoms with Gasteiger partial charge in [-0.05, 0) is 25.0 Å². The number of hydrogen-bond acceptors (Lipinski definition) is 4. The van der Waals surface area contributed by atoms with Gasteiger partial charge in [0.25, 0.3) is 0 Å². The molecule has 0 N–H and O–H groups in total. The molecular formula is C22H24N4O2. The molecule has 0 radical (unpaired) electrons. The van der Waals surface area contributed by atoms with Crippen LogP contribution in [0.15, 0.2) is 54.9 Å². The molecule has 0 bridgehead atoms. The minimum atomic E-state index is -0.111. The van der Waals surface area contributed by atoms with Gasteiger partial charge in [-0.1, -0.05) is 55.0 Å². The summed E-state index contributed by atoms with van der Waals surface area (Å²) in [4.78, 5) is 19.1. The summed E-state index contributed by atoms with van der Waals surface area (Å²) < 4.78 is 7.44. The third-order valence-corrected chi connectivity index (χ3v) is 5.35. The molecule has 0 unspecified atom stereocenters. The molecule has 0 fully saturated rings. The largest absolute Gasteiger partial charge is 0.496 e. The molecule has 0 saturated heterocycles. The summed E-state index contributed by atoms with van der Waals surface area (Å²) in [5.74, 6) is 1.43. The first-order valence-corrected chi connectivity index (χ1v) is 9.55. The predicted octanol–water partition coefficient (Wildman–Crippen LogP) is 4.07. The molecule has 1 aromatic heterocycles. The monoisotopic (exact) mass is 376 g/mol. The number of methoxy groups -OCH3 is 1. The third kappa shape index (κ3) is 3.05. The maximum atomic E-state index is 12.9. The number of aromatic nitrogens is 3. The molecule has 144 valence electrons. The maximum absolute atomic E-state index is 12.9. The Hall–Kier alpha value is -3.15. The number of fused-ring (bicyclic) bond motifs is 1. The van der Waals surface area contributed by atoms with E-state index in [9.17, 15) is 4.79 Å². The van der Waals surface area contributed by atoms with Crippen molar-refractivity contribution in [1.82, 2.24) is 14.8 Å². The normalized spacial score (nSPS) is 18.6. The van der Waals surface area contributed by atoms with E-state index in [0.717, 1.165) is 16.9 Å². The number of carbonyl (C=O) groups excluding carboxylic acids is 1. The molecule has 4 rings (SSSR count). The molecule has 1 aliphatic rings. The van der Waals surface area contributed by atoms with Gasteiger partial charge in [0, 0.05) is 12.0 Å². The number of amides is 1. The van der Waals surface area contributed by atoms with Crippen molar-refractivity contribution in [3.63, 3.8) is 0 Å². The molecule has 2 aromatic carbocycles. The van der Waals surface area contributed by atoms with Gasteiger partial charge in [0.05, 0.1) is 19.2 Å². The van der Waals surface area contributed by atoms with E-state index in [-0.39, 0.29) is 18.0 Å². The van der Waals surface area contributed by atoms with Crippen LogP contribution in [0.4, 0.5) is 5.95 Å². The quantitative estimate of drug-likeness (QED) is 0.689. The number of para-hydroxylation sites is 1. The Kier molecular flexibility index (Phi) is 4.86. The first-order valence-electron chi connectivity index (χ1n) is 9.55. The third-order valence-electron chi connectivity index (χ3n) is 5.35. The Morgan fingerprint density at radius 2 is 1.89 bits per heavy atom. The summed E-state index contributed by atoms with van der Waals surface area (Å²) in [6, 6.07) is 16.2. The van der Waals surface area contributed by atoms with Crippen molar-refractivity contribution in [3.05, 3.63) is 71.5 Å². The Morgan fingerprint density at radius 3 is 2.61 bits per heavy atom. The lowest BCUT2D eigenvalue weighted by molar-refractivity contribution is -0.119. The van der Waals surface area contributed by atoms with Crippen molar-refractivity contribution >= 4 is 11.9 Å². The molecule has 2 heterocycles. The van der Waals surface area contributed by atoms with Gasteiger partial charge in [-0.25, -0.2) is 4.68 Å². The summed E-state index contributed by atoms with van der Waals surface area (Å²) in [5.41, 5.74) is 3.33. The second-order valence-corrected chi connectivity index (χ2v) is 7.04. The topological polar surface area (TPSA) is 60.2 Å². The predicted molar refractivity (Wildman–Crippen MR) is 107 cm³/mol. The number of benzene rings is 2. The SMILES string of the molecule is CCC(=O)N1c2ncnn2[C@@H](c2ccccc2OC)C[C@H]1c1ccc(C)cc1. The maximum Gasteiger partial charge on any atom is 0.231 e. The number of anilines is 1. The number of nitrogens with zero attached hydrogens (tertiary/aromatic N) is 4. The van der Waals surface area contributed by atoms with Crippen molar-refractivity contribution in [1.29, 1.82) is 0 Å². The smallest absolute Gasteiger partial charge is 0.231 e. The van der Waals surface area contributed by atoms with Crippen molar-refractivity contribution < 1.29 is 9.53 Å². The standard InChI is InChI=1S/C22H24N4O2/c1-4-21(27)25-18(16-11-9-15(2)10-12-16)13-19(26-22(25)23-14-24-26)17-7-5-6-8-20(17)28-3/h5-12,14,18-19H,4,13H2,1-3H3/t18-,19+/m0/s1. The van der Waals surface area contributed by atoms with Crippen LogP contribution in [0, 0.1) is 6.92 Å². The number of ether oxygens (including phenoxy) is 1. The van der Waals surface area contributed by atoms with E-state index in [1.807, 2.05) is 29.8 Å². The highest BCUT2D eigenvalue weighted by atomic mass is 16.5. The summed E-state index contributed by atoms with van der Waals surface area (Å²) >= 11 is 0. The zero-order valence-electron chi connectivity index (χ0n) is 16.4. The number of aryl methyl sites for hydroxylation is 1. The lowest BCUT2D eigenvalue weighted by Crippen LogP contribution is -2.42. The highest BCUT2D eigenvalue weighted by Gasteiger charge is 2.39. The fraction of sp³-hybridized carbons (Fsp3) is 0.318. The zero-order chi connectivity index (χ0) is 19.7. The van der Waals surface area contributed by atoms with Gasteiger partial charge in [0.1, 0.15) is 12.1 Å². The average molecular weight is 376 g/mol. The minimum Gasteiger partial charge on any atom is -0.496 e. The molecule has 0 spiro atoms. The highest BCUT2D eigenvalue weighted by Crippen LogP contribution is 2.44. The van der Waals surface area contributed by atoms with E-state index in [1.165, 1.54) is 11.9 Å². The minimum absolute atomic E-state index is 0.0401. The second kappa shape index (κ2) is 7.46. The molecule has 6 nitrogen and oxygen atoms in total. The summed E-state index contributed by atoms with van der Waals surface area (Å²) in [6.07, 6.45) is 2.63. The van der Waals surface area contributed by atoms with E-state index >= 15 is 0 Å². The van der Waals surface area contributed by atoms with Crippen molar-refractivity contribution in [2.75, 3.05) is 12.0 Å². The van der Waals surface area contributed by atoms with E-state index in [0.29, 0.717) is 18.8 Å². The number of rotatable bonds is 4. The second-order valence-electron chi connectivity index (χ2n) is 7.04. The fourth-order valence-corrected chi connectivity index (χ4v) is 3.92. The molecule has 0 saturated carbocycles. The molecule has 2 atom stereocenters. The number of hydrogen-bond donors (Lipinski definition) is 0. The Labute approximate surface area is 164 Å². The molecule has 1 amide bonds. The fourth-order valence-electron chi connectivity index (χ4n) is 3.92. The van der Waals surface area contributed by atoms with Gasteiger partial charge in [0.2, 0.25) is 11.9 Å². The first kappa shape index (κ1) is 18.2. The first-order chi connectivity index (χ1) is 13.6. The Morgan fingerprint density at radius 1 is 1.14 bits per heavy atom. The van der Waals surface area contributed by atoms with Gasteiger partial charge in [-0.15, -0.1) is 0 Å². The lowest BCUT2D eigenvalue weighted by Gasteiger charge is -2.39. The molecule has 3 aromatic rings. The average Bonchev–Trinajstić information content (AvgIpc) is 3.22. The van der Waals surface area contributed by atoms with Crippen LogP contribution in [0.3, 0.4) is 0 Å². The zero-order valence-corrected chi connectivity index (χ0v) is 16.4. The Bertz CT molecular complexity index is 980. The van der Waals surface area contributed by atoms with Crippen LogP contribution >= 0.6 is 0 Å². The van der Waals surface area contributed by atoms with E-state index < -0.39 is 0 Å². The van der Waals surface area contributed by atoms with Crippen LogP contribution in [-0.4, -0.2) is 27.8 Å². The van der Waals surface area contributed by atoms with Gasteiger partial charge < -0.3 is 4.74 Å². The summed E-state index contributed by atoms with van der Waals surface area (Å²) in [5, 5.41) is 4.46. The van der Waals surface area contributed by atoms with Crippen molar-refractivity contribution in [2.45, 2.75) is 38.8 Å². The van der Waals surface area contributed by atoms with Crippen LogP contribution in [0.2, 0.25) is 0 Å². The molecule has 6 heteroatoms. The van der Waals surface area contributed by atoms with E-state index in [4.69, 9.17) is 4.74 Å². The van der Waals surface area contributed by atoms with E-state index in [2.05, 4.69) is 47.3 Å².